The molecule has 1 aromatic rings. The fourth-order valence-electron chi connectivity index (χ4n) is 0.975. The number of benzene rings is 1. The van der Waals surface area contributed by atoms with Gasteiger partial charge in [-0.25, -0.2) is 4.74 Å². The standard InChI is InChI=1S/C12H15NO/c1-11(2)13(14)10-6-9-12-7-4-3-5-8-12/h3-11H,1-2H3/b9-6+,13-10-. The van der Waals surface area contributed by atoms with Gasteiger partial charge in [0, 0.05) is 6.08 Å². The van der Waals surface area contributed by atoms with E-state index in [0.717, 1.165) is 10.3 Å². The summed E-state index contributed by atoms with van der Waals surface area (Å²) in [5, 5.41) is 11.1. The Morgan fingerprint density at radius 2 is 1.86 bits per heavy atom. The van der Waals surface area contributed by atoms with Crippen LogP contribution in [0.1, 0.15) is 19.4 Å². The summed E-state index contributed by atoms with van der Waals surface area (Å²) >= 11 is 0. The Labute approximate surface area is 84.8 Å². The van der Waals surface area contributed by atoms with Gasteiger partial charge in [-0.05, 0) is 25.5 Å². The molecule has 0 bridgehead atoms. The molecule has 0 radical (unpaired) electrons. The van der Waals surface area contributed by atoms with E-state index >= 15 is 0 Å². The van der Waals surface area contributed by atoms with Crippen molar-refractivity contribution >= 4 is 12.3 Å². The first kappa shape index (κ1) is 10.5. The molecule has 0 aliphatic carbocycles. The summed E-state index contributed by atoms with van der Waals surface area (Å²) < 4.78 is 0.930. The zero-order chi connectivity index (χ0) is 10.4. The van der Waals surface area contributed by atoms with E-state index in [1.807, 2.05) is 50.3 Å². The molecule has 74 valence electrons. The molecule has 1 aromatic carbocycles. The van der Waals surface area contributed by atoms with E-state index in [9.17, 15) is 5.21 Å². The van der Waals surface area contributed by atoms with Gasteiger partial charge in [0.05, 0.1) is 0 Å². The van der Waals surface area contributed by atoms with E-state index in [2.05, 4.69) is 0 Å². The van der Waals surface area contributed by atoms with Gasteiger partial charge in [0.2, 0.25) is 0 Å². The van der Waals surface area contributed by atoms with Crippen molar-refractivity contribution in [3.8, 4) is 0 Å². The predicted octanol–water partition coefficient (Wildman–Crippen LogP) is 2.69. The lowest BCUT2D eigenvalue weighted by atomic mass is 10.2. The van der Waals surface area contributed by atoms with Crippen molar-refractivity contribution in [1.82, 2.24) is 0 Å². The van der Waals surface area contributed by atoms with Crippen molar-refractivity contribution in [2.24, 2.45) is 0 Å². The maximum Gasteiger partial charge on any atom is 0.174 e. The third-order valence-electron chi connectivity index (χ3n) is 1.83. The van der Waals surface area contributed by atoms with E-state index in [4.69, 9.17) is 0 Å². The van der Waals surface area contributed by atoms with Gasteiger partial charge < -0.3 is 5.21 Å². The lowest BCUT2D eigenvalue weighted by Crippen LogP contribution is -2.13. The summed E-state index contributed by atoms with van der Waals surface area (Å²) in [7, 11) is 0. The lowest BCUT2D eigenvalue weighted by Gasteiger charge is -2.04. The average Bonchev–Trinajstić information content (AvgIpc) is 2.19. The number of hydroxylamine groups is 1. The normalized spacial score (nSPS) is 12.6. The Kier molecular flexibility index (Phi) is 3.92. The minimum atomic E-state index is -0.00424. The number of rotatable bonds is 3. The Morgan fingerprint density at radius 3 is 2.43 bits per heavy atom. The summed E-state index contributed by atoms with van der Waals surface area (Å²) in [6.07, 6.45) is 5.22. The fourth-order valence-corrected chi connectivity index (χ4v) is 0.975. The van der Waals surface area contributed by atoms with Crippen molar-refractivity contribution in [1.29, 1.82) is 0 Å². The van der Waals surface area contributed by atoms with Crippen molar-refractivity contribution in [2.75, 3.05) is 0 Å². The molecule has 0 aliphatic heterocycles. The molecule has 0 saturated carbocycles. The summed E-state index contributed by atoms with van der Waals surface area (Å²) in [4.78, 5) is 0. The summed E-state index contributed by atoms with van der Waals surface area (Å²) in [5.74, 6) is 0. The first-order chi connectivity index (χ1) is 6.70. The maximum atomic E-state index is 11.1. The van der Waals surface area contributed by atoms with Gasteiger partial charge in [-0.3, -0.25) is 0 Å². The van der Waals surface area contributed by atoms with E-state index < -0.39 is 0 Å². The van der Waals surface area contributed by atoms with Crippen LogP contribution in [-0.2, 0) is 0 Å². The number of hydrogen-bond acceptors (Lipinski definition) is 1. The van der Waals surface area contributed by atoms with Gasteiger partial charge in [0.25, 0.3) is 0 Å². The minimum absolute atomic E-state index is 0.00424. The SMILES string of the molecule is CC(C)/[N+]([O-])=C/C=C/c1ccccc1. The number of allylic oxidation sites excluding steroid dienone is 1. The molecule has 1 rings (SSSR count). The summed E-state index contributed by atoms with van der Waals surface area (Å²) in [5.41, 5.74) is 1.10. The van der Waals surface area contributed by atoms with E-state index in [1.54, 1.807) is 6.08 Å². The molecule has 2 nitrogen and oxygen atoms in total. The lowest BCUT2D eigenvalue weighted by molar-refractivity contribution is -0.486. The topological polar surface area (TPSA) is 26.1 Å². The highest BCUT2D eigenvalue weighted by Crippen LogP contribution is 1.99. The third-order valence-corrected chi connectivity index (χ3v) is 1.83. The third kappa shape index (κ3) is 3.44. The second-order valence-corrected chi connectivity index (χ2v) is 3.37. The molecule has 0 spiro atoms. The Morgan fingerprint density at radius 1 is 1.21 bits per heavy atom. The molecule has 2 heteroatoms. The van der Waals surface area contributed by atoms with Gasteiger partial charge >= 0.3 is 0 Å². The molecular formula is C12H15NO. The predicted molar refractivity (Wildman–Crippen MR) is 60.3 cm³/mol. The van der Waals surface area contributed by atoms with Crippen LogP contribution in [0.2, 0.25) is 0 Å². The van der Waals surface area contributed by atoms with Crippen LogP contribution in [0.5, 0.6) is 0 Å². The van der Waals surface area contributed by atoms with E-state index in [0.29, 0.717) is 0 Å². The van der Waals surface area contributed by atoms with Crippen LogP contribution in [0.3, 0.4) is 0 Å². The van der Waals surface area contributed by atoms with Gasteiger partial charge in [-0.15, -0.1) is 0 Å². The average molecular weight is 189 g/mol. The van der Waals surface area contributed by atoms with Crippen LogP contribution in [0.4, 0.5) is 0 Å². The van der Waals surface area contributed by atoms with Crippen molar-refractivity contribution in [2.45, 2.75) is 19.9 Å². The maximum absolute atomic E-state index is 11.1. The highest BCUT2D eigenvalue weighted by Gasteiger charge is 1.95. The molecule has 0 fully saturated rings. The number of nitrogens with zero attached hydrogens (tertiary/aromatic N) is 1. The van der Waals surface area contributed by atoms with Gasteiger partial charge in [-0.2, -0.15) is 0 Å². The Bertz CT molecular complexity index is 325. The molecule has 0 aromatic heterocycles. The highest BCUT2D eigenvalue weighted by molar-refractivity contribution is 5.74. The fraction of sp³-hybridized carbons (Fsp3) is 0.250. The zero-order valence-electron chi connectivity index (χ0n) is 8.55. The molecule has 0 amide bonds. The van der Waals surface area contributed by atoms with Crippen LogP contribution in [0, 0.1) is 5.21 Å². The Balaban J connectivity index is 2.62. The van der Waals surface area contributed by atoms with E-state index in [-0.39, 0.29) is 6.04 Å². The van der Waals surface area contributed by atoms with Gasteiger partial charge in [-0.1, -0.05) is 30.3 Å². The molecule has 0 N–H and O–H groups in total. The molecule has 0 heterocycles. The largest absolute Gasteiger partial charge is 0.624 e. The second kappa shape index (κ2) is 5.22. The summed E-state index contributed by atoms with van der Waals surface area (Å²) in [6.45, 7) is 3.72. The van der Waals surface area contributed by atoms with Crippen molar-refractivity contribution in [3.63, 3.8) is 0 Å². The first-order valence-electron chi connectivity index (χ1n) is 4.72. The Hall–Kier alpha value is -1.57. The highest BCUT2D eigenvalue weighted by atomic mass is 16.5. The van der Waals surface area contributed by atoms with Gasteiger partial charge in [0.15, 0.2) is 12.3 Å². The smallest absolute Gasteiger partial charge is 0.174 e. The molecular weight excluding hydrogens is 174 g/mol. The zero-order valence-corrected chi connectivity index (χ0v) is 8.55. The molecule has 0 unspecified atom stereocenters. The molecule has 0 aliphatic rings. The molecule has 0 atom stereocenters. The van der Waals surface area contributed by atoms with Crippen LogP contribution in [0.25, 0.3) is 6.08 Å². The summed E-state index contributed by atoms with van der Waals surface area (Å²) in [6, 6.07) is 9.89. The minimum Gasteiger partial charge on any atom is -0.624 e. The van der Waals surface area contributed by atoms with Crippen LogP contribution in [-0.4, -0.2) is 17.0 Å². The van der Waals surface area contributed by atoms with Crippen molar-refractivity contribution in [3.05, 3.63) is 47.2 Å². The van der Waals surface area contributed by atoms with Crippen molar-refractivity contribution < 1.29 is 4.74 Å². The first-order valence-corrected chi connectivity index (χ1v) is 4.72. The monoisotopic (exact) mass is 189 g/mol. The molecule has 0 saturated heterocycles. The number of hydrogen-bond donors (Lipinski definition) is 0. The van der Waals surface area contributed by atoms with Crippen LogP contribution >= 0.6 is 0 Å². The van der Waals surface area contributed by atoms with E-state index in [1.165, 1.54) is 6.21 Å². The van der Waals surface area contributed by atoms with Crippen LogP contribution < -0.4 is 0 Å². The van der Waals surface area contributed by atoms with Gasteiger partial charge in [0.1, 0.15) is 0 Å². The van der Waals surface area contributed by atoms with Crippen LogP contribution in [0.15, 0.2) is 36.4 Å². The quantitative estimate of drug-likeness (QED) is 0.311. The second-order valence-electron chi connectivity index (χ2n) is 3.37. The molecule has 14 heavy (non-hydrogen) atoms.